The third kappa shape index (κ3) is 4.98. The molecule has 0 fully saturated rings. The van der Waals surface area contributed by atoms with E-state index in [2.05, 4.69) is 36.3 Å². The van der Waals surface area contributed by atoms with Crippen LogP contribution < -0.4 is 5.32 Å². The number of anilines is 1. The van der Waals surface area contributed by atoms with Crippen molar-refractivity contribution >= 4 is 22.5 Å². The second-order valence-electron chi connectivity index (χ2n) is 7.54. The quantitative estimate of drug-likeness (QED) is 0.590. The highest BCUT2D eigenvalue weighted by atomic mass is 16.5. The number of amides is 1. The van der Waals surface area contributed by atoms with E-state index in [4.69, 9.17) is 4.74 Å². The lowest BCUT2D eigenvalue weighted by Crippen LogP contribution is -2.16. The summed E-state index contributed by atoms with van der Waals surface area (Å²) >= 11 is 0. The maximum absolute atomic E-state index is 12.6. The van der Waals surface area contributed by atoms with Crippen LogP contribution in [0.4, 0.5) is 5.69 Å². The number of rotatable bonds is 7. The second kappa shape index (κ2) is 8.40. The number of para-hydroxylation sites is 1. The predicted molar refractivity (Wildman–Crippen MR) is 111 cm³/mol. The number of hydrogen-bond acceptors (Lipinski definition) is 2. The van der Waals surface area contributed by atoms with Gasteiger partial charge in [0.25, 0.3) is 0 Å². The van der Waals surface area contributed by atoms with Gasteiger partial charge in [-0.2, -0.15) is 0 Å². The SMILES string of the molecule is CC(C)OCc1ccccc1NC(=O)Cc1ccc2[nH]c(C(C)C)cc2c1. The van der Waals surface area contributed by atoms with E-state index in [0.717, 1.165) is 27.7 Å². The van der Waals surface area contributed by atoms with Crippen molar-refractivity contribution in [1.29, 1.82) is 0 Å². The van der Waals surface area contributed by atoms with Crippen molar-refractivity contribution in [2.45, 2.75) is 52.7 Å². The van der Waals surface area contributed by atoms with Gasteiger partial charge in [0.2, 0.25) is 5.91 Å². The zero-order chi connectivity index (χ0) is 19.4. The van der Waals surface area contributed by atoms with E-state index >= 15 is 0 Å². The topological polar surface area (TPSA) is 54.1 Å². The Balaban J connectivity index is 1.70. The van der Waals surface area contributed by atoms with Gasteiger partial charge >= 0.3 is 0 Å². The van der Waals surface area contributed by atoms with Gasteiger partial charge in [-0.3, -0.25) is 4.79 Å². The first-order valence-electron chi connectivity index (χ1n) is 9.53. The first-order valence-corrected chi connectivity index (χ1v) is 9.53. The number of carbonyl (C=O) groups is 1. The number of aromatic amines is 1. The van der Waals surface area contributed by atoms with Crippen LogP contribution in [0.25, 0.3) is 10.9 Å². The molecule has 4 nitrogen and oxygen atoms in total. The zero-order valence-corrected chi connectivity index (χ0v) is 16.5. The van der Waals surface area contributed by atoms with Gasteiger partial charge < -0.3 is 15.0 Å². The molecule has 142 valence electrons. The Kier molecular flexibility index (Phi) is 5.97. The monoisotopic (exact) mass is 364 g/mol. The van der Waals surface area contributed by atoms with Gasteiger partial charge in [0.15, 0.2) is 0 Å². The molecule has 1 heterocycles. The maximum atomic E-state index is 12.6. The summed E-state index contributed by atoms with van der Waals surface area (Å²) in [5.74, 6) is 0.430. The fraction of sp³-hybridized carbons (Fsp3) is 0.348. The maximum Gasteiger partial charge on any atom is 0.228 e. The Bertz CT molecular complexity index is 925. The number of benzene rings is 2. The summed E-state index contributed by atoms with van der Waals surface area (Å²) in [5, 5.41) is 4.18. The highest BCUT2D eigenvalue weighted by molar-refractivity contribution is 5.93. The molecule has 0 radical (unpaired) electrons. The van der Waals surface area contributed by atoms with Crippen LogP contribution in [0.5, 0.6) is 0 Å². The van der Waals surface area contributed by atoms with E-state index in [-0.39, 0.29) is 12.0 Å². The third-order valence-electron chi connectivity index (χ3n) is 4.56. The molecule has 27 heavy (non-hydrogen) atoms. The van der Waals surface area contributed by atoms with E-state index < -0.39 is 0 Å². The fourth-order valence-corrected chi connectivity index (χ4v) is 3.03. The molecule has 1 amide bonds. The van der Waals surface area contributed by atoms with Gasteiger partial charge in [0.05, 0.1) is 19.1 Å². The van der Waals surface area contributed by atoms with E-state index in [9.17, 15) is 4.79 Å². The molecule has 0 spiro atoms. The molecule has 0 aliphatic rings. The van der Waals surface area contributed by atoms with Crippen LogP contribution in [-0.2, 0) is 22.6 Å². The summed E-state index contributed by atoms with van der Waals surface area (Å²) in [4.78, 5) is 16.0. The number of aromatic nitrogens is 1. The third-order valence-corrected chi connectivity index (χ3v) is 4.56. The van der Waals surface area contributed by atoms with Gasteiger partial charge in [-0.05, 0) is 55.0 Å². The Morgan fingerprint density at radius 3 is 2.59 bits per heavy atom. The predicted octanol–water partition coefficient (Wildman–Crippen LogP) is 5.40. The molecule has 0 saturated carbocycles. The van der Waals surface area contributed by atoms with E-state index in [1.54, 1.807) is 0 Å². The summed E-state index contributed by atoms with van der Waals surface area (Å²) in [6.07, 6.45) is 0.495. The molecule has 0 atom stereocenters. The molecule has 1 aromatic heterocycles. The normalized spacial score (nSPS) is 11.5. The van der Waals surface area contributed by atoms with Gasteiger partial charge in [-0.25, -0.2) is 0 Å². The smallest absolute Gasteiger partial charge is 0.228 e. The average molecular weight is 364 g/mol. The Labute approximate surface area is 160 Å². The number of H-pyrrole nitrogens is 1. The van der Waals surface area contributed by atoms with Crippen molar-refractivity contribution in [2.75, 3.05) is 5.32 Å². The number of nitrogens with one attached hydrogen (secondary N) is 2. The molecular weight excluding hydrogens is 336 g/mol. The number of hydrogen-bond donors (Lipinski definition) is 2. The van der Waals surface area contributed by atoms with Crippen molar-refractivity contribution in [3.05, 3.63) is 65.4 Å². The Morgan fingerprint density at radius 2 is 1.85 bits per heavy atom. The zero-order valence-electron chi connectivity index (χ0n) is 16.5. The van der Waals surface area contributed by atoms with E-state index in [0.29, 0.717) is 18.9 Å². The van der Waals surface area contributed by atoms with Gasteiger partial charge in [0, 0.05) is 22.5 Å². The summed E-state index contributed by atoms with van der Waals surface area (Å²) in [6, 6.07) is 16.1. The van der Waals surface area contributed by atoms with Gasteiger partial charge in [-0.15, -0.1) is 0 Å². The lowest BCUT2D eigenvalue weighted by atomic mass is 10.1. The van der Waals surface area contributed by atoms with Crippen LogP contribution in [0.2, 0.25) is 0 Å². The summed E-state index contributed by atoms with van der Waals surface area (Å²) in [6.45, 7) is 8.83. The second-order valence-corrected chi connectivity index (χ2v) is 7.54. The lowest BCUT2D eigenvalue weighted by Gasteiger charge is -2.13. The molecule has 0 saturated heterocycles. The van der Waals surface area contributed by atoms with Crippen molar-refractivity contribution in [3.63, 3.8) is 0 Å². The molecule has 0 aliphatic carbocycles. The van der Waals surface area contributed by atoms with Crippen LogP contribution >= 0.6 is 0 Å². The average Bonchev–Trinajstić information content (AvgIpc) is 3.04. The Morgan fingerprint density at radius 1 is 1.07 bits per heavy atom. The number of fused-ring (bicyclic) bond motifs is 1. The minimum absolute atomic E-state index is 0.0223. The van der Waals surface area contributed by atoms with Gasteiger partial charge in [-0.1, -0.05) is 38.1 Å². The van der Waals surface area contributed by atoms with Crippen molar-refractivity contribution < 1.29 is 9.53 Å². The molecule has 0 unspecified atom stereocenters. The molecule has 4 heteroatoms. The highest BCUT2D eigenvalue weighted by Crippen LogP contribution is 2.23. The molecule has 0 bridgehead atoms. The largest absolute Gasteiger partial charge is 0.374 e. The first kappa shape index (κ1) is 19.2. The summed E-state index contributed by atoms with van der Waals surface area (Å²) in [7, 11) is 0. The minimum Gasteiger partial charge on any atom is -0.374 e. The molecule has 3 aromatic rings. The highest BCUT2D eigenvalue weighted by Gasteiger charge is 2.10. The van der Waals surface area contributed by atoms with Crippen LogP contribution in [0, 0.1) is 0 Å². The van der Waals surface area contributed by atoms with E-state index in [1.807, 2.05) is 50.2 Å². The summed E-state index contributed by atoms with van der Waals surface area (Å²) < 4.78 is 5.68. The van der Waals surface area contributed by atoms with Crippen molar-refractivity contribution in [3.8, 4) is 0 Å². The Hall–Kier alpha value is -2.59. The molecular formula is C23H28N2O2. The molecule has 2 aromatic carbocycles. The van der Waals surface area contributed by atoms with Crippen LogP contribution in [0.15, 0.2) is 48.5 Å². The van der Waals surface area contributed by atoms with Gasteiger partial charge in [0.1, 0.15) is 0 Å². The number of carbonyl (C=O) groups excluding carboxylic acids is 1. The standard InChI is InChI=1S/C23H28N2O2/c1-15(2)22-13-19-11-17(9-10-21(19)24-22)12-23(26)25-20-8-6-5-7-18(20)14-27-16(3)4/h5-11,13,15-16,24H,12,14H2,1-4H3,(H,25,26). The van der Waals surface area contributed by atoms with Crippen LogP contribution in [0.3, 0.4) is 0 Å². The fourth-order valence-electron chi connectivity index (χ4n) is 3.03. The molecule has 2 N–H and O–H groups in total. The molecule has 0 aliphatic heterocycles. The van der Waals surface area contributed by atoms with Crippen LogP contribution in [-0.4, -0.2) is 17.0 Å². The molecule has 3 rings (SSSR count). The number of ether oxygens (including phenoxy) is 1. The first-order chi connectivity index (χ1) is 12.9. The van der Waals surface area contributed by atoms with Crippen LogP contribution in [0.1, 0.15) is 50.4 Å². The summed E-state index contributed by atoms with van der Waals surface area (Å²) in [5.41, 5.74) is 5.13. The lowest BCUT2D eigenvalue weighted by molar-refractivity contribution is -0.115. The minimum atomic E-state index is -0.0223. The van der Waals surface area contributed by atoms with Crippen molar-refractivity contribution in [1.82, 2.24) is 4.98 Å². The van der Waals surface area contributed by atoms with Crippen molar-refractivity contribution in [2.24, 2.45) is 0 Å². The van der Waals surface area contributed by atoms with E-state index in [1.165, 1.54) is 5.69 Å².